The molecule has 0 spiro atoms. The van der Waals surface area contributed by atoms with Crippen LogP contribution < -0.4 is 10.5 Å². The third kappa shape index (κ3) is 3.00. The third-order valence-electron chi connectivity index (χ3n) is 3.14. The summed E-state index contributed by atoms with van der Waals surface area (Å²) in [6, 6.07) is 9.13. The third-order valence-corrected chi connectivity index (χ3v) is 3.14. The van der Waals surface area contributed by atoms with Crippen LogP contribution in [0.4, 0.5) is 4.79 Å². The number of carbonyl (C=O) groups excluding carboxylic acids is 1. The molecule has 0 saturated carbocycles. The highest BCUT2D eigenvalue weighted by Crippen LogP contribution is 2.14. The molecule has 1 heterocycles. The van der Waals surface area contributed by atoms with Crippen LogP contribution in [0, 0.1) is 0 Å². The van der Waals surface area contributed by atoms with E-state index in [1.54, 1.807) is 17.0 Å². The van der Waals surface area contributed by atoms with E-state index in [1.165, 1.54) is 0 Å². The molecular weight excluding hydrogens is 230 g/mol. The summed E-state index contributed by atoms with van der Waals surface area (Å²) in [7, 11) is 2.03. The average Bonchev–Trinajstić information content (AvgIpc) is 2.39. The van der Waals surface area contributed by atoms with Crippen LogP contribution in [-0.2, 0) is 0 Å². The first-order chi connectivity index (χ1) is 8.70. The molecule has 0 radical (unpaired) electrons. The standard InChI is InChI=1S/C13H19N3O2/c1-15-7-8-16(11(9-14)10-15)13(17)18-12-5-3-2-4-6-12/h2-6,11H,7-10,14H2,1H3. The smallest absolute Gasteiger partial charge is 0.410 e. The lowest BCUT2D eigenvalue weighted by molar-refractivity contribution is 0.0854. The Labute approximate surface area is 107 Å². The molecule has 98 valence electrons. The molecule has 5 nitrogen and oxygen atoms in total. The van der Waals surface area contributed by atoms with Crippen LogP contribution >= 0.6 is 0 Å². The zero-order chi connectivity index (χ0) is 13.0. The maximum Gasteiger partial charge on any atom is 0.415 e. The normalized spacial score (nSPS) is 20.8. The molecule has 1 aromatic carbocycles. The van der Waals surface area contributed by atoms with E-state index in [0.29, 0.717) is 18.8 Å². The van der Waals surface area contributed by atoms with Crippen molar-refractivity contribution in [3.63, 3.8) is 0 Å². The number of ether oxygens (including phenoxy) is 1. The van der Waals surface area contributed by atoms with E-state index in [0.717, 1.165) is 13.1 Å². The fourth-order valence-electron chi connectivity index (χ4n) is 2.10. The lowest BCUT2D eigenvalue weighted by atomic mass is 10.2. The second-order valence-electron chi connectivity index (χ2n) is 4.53. The van der Waals surface area contributed by atoms with Gasteiger partial charge >= 0.3 is 6.09 Å². The molecule has 2 N–H and O–H groups in total. The molecule has 1 aromatic rings. The second kappa shape index (κ2) is 5.84. The van der Waals surface area contributed by atoms with Crippen molar-refractivity contribution < 1.29 is 9.53 Å². The molecule has 1 aliphatic rings. The van der Waals surface area contributed by atoms with Crippen molar-refractivity contribution in [1.29, 1.82) is 0 Å². The molecule has 18 heavy (non-hydrogen) atoms. The SMILES string of the molecule is CN1CCN(C(=O)Oc2ccccc2)C(CN)C1. The highest BCUT2D eigenvalue weighted by atomic mass is 16.6. The fraction of sp³-hybridized carbons (Fsp3) is 0.462. The Morgan fingerprint density at radius 3 is 2.78 bits per heavy atom. The Kier molecular flexibility index (Phi) is 4.17. The van der Waals surface area contributed by atoms with Gasteiger partial charge < -0.3 is 20.3 Å². The molecule has 1 fully saturated rings. The maximum atomic E-state index is 12.1. The maximum absolute atomic E-state index is 12.1. The second-order valence-corrected chi connectivity index (χ2v) is 4.53. The summed E-state index contributed by atoms with van der Waals surface area (Å²) in [5.41, 5.74) is 5.71. The van der Waals surface area contributed by atoms with Gasteiger partial charge in [-0.05, 0) is 19.2 Å². The Morgan fingerprint density at radius 2 is 2.11 bits per heavy atom. The van der Waals surface area contributed by atoms with Gasteiger partial charge in [-0.25, -0.2) is 4.79 Å². The van der Waals surface area contributed by atoms with E-state index in [-0.39, 0.29) is 12.1 Å². The monoisotopic (exact) mass is 249 g/mol. The van der Waals surface area contributed by atoms with E-state index in [9.17, 15) is 4.79 Å². The average molecular weight is 249 g/mol. The van der Waals surface area contributed by atoms with Crippen LogP contribution in [-0.4, -0.2) is 55.2 Å². The van der Waals surface area contributed by atoms with Crippen LogP contribution in [0.3, 0.4) is 0 Å². The largest absolute Gasteiger partial charge is 0.415 e. The van der Waals surface area contributed by atoms with Crippen molar-refractivity contribution in [3.05, 3.63) is 30.3 Å². The zero-order valence-electron chi connectivity index (χ0n) is 10.6. The highest BCUT2D eigenvalue weighted by Gasteiger charge is 2.29. The highest BCUT2D eigenvalue weighted by molar-refractivity contribution is 5.71. The summed E-state index contributed by atoms with van der Waals surface area (Å²) in [5, 5.41) is 0. The summed E-state index contributed by atoms with van der Waals surface area (Å²) < 4.78 is 5.33. The number of nitrogens with zero attached hydrogens (tertiary/aromatic N) is 2. The zero-order valence-corrected chi connectivity index (χ0v) is 10.6. The van der Waals surface area contributed by atoms with E-state index >= 15 is 0 Å². The minimum absolute atomic E-state index is 0.0277. The van der Waals surface area contributed by atoms with Crippen molar-refractivity contribution in [2.45, 2.75) is 6.04 Å². The Balaban J connectivity index is 1.99. The minimum atomic E-state index is -0.315. The van der Waals surface area contributed by atoms with Gasteiger partial charge in [-0.3, -0.25) is 0 Å². The first-order valence-electron chi connectivity index (χ1n) is 6.13. The number of likely N-dealkylation sites (N-methyl/N-ethyl adjacent to an activating group) is 1. The van der Waals surface area contributed by atoms with Crippen LogP contribution in [0.25, 0.3) is 0 Å². The Morgan fingerprint density at radius 1 is 1.39 bits per heavy atom. The van der Waals surface area contributed by atoms with Gasteiger partial charge in [0.15, 0.2) is 0 Å². The molecule has 2 rings (SSSR count). The molecule has 1 saturated heterocycles. The number of nitrogens with two attached hydrogens (primary N) is 1. The van der Waals surface area contributed by atoms with Crippen molar-refractivity contribution in [2.75, 3.05) is 33.2 Å². The number of rotatable bonds is 2. The molecular formula is C13H19N3O2. The molecule has 1 atom stereocenters. The van der Waals surface area contributed by atoms with Gasteiger partial charge in [0, 0.05) is 26.2 Å². The van der Waals surface area contributed by atoms with Gasteiger partial charge in [0.2, 0.25) is 0 Å². The number of hydrogen-bond donors (Lipinski definition) is 1. The van der Waals surface area contributed by atoms with Gasteiger partial charge in [0.25, 0.3) is 0 Å². The predicted octanol–water partition coefficient (Wildman–Crippen LogP) is 0.760. The van der Waals surface area contributed by atoms with Crippen LogP contribution in [0.2, 0.25) is 0 Å². The predicted molar refractivity (Wildman–Crippen MR) is 69.5 cm³/mol. The summed E-state index contributed by atoms with van der Waals surface area (Å²) in [5.74, 6) is 0.567. The number of amides is 1. The summed E-state index contributed by atoms with van der Waals surface area (Å²) in [4.78, 5) is 16.0. The summed E-state index contributed by atoms with van der Waals surface area (Å²) >= 11 is 0. The molecule has 0 aliphatic carbocycles. The van der Waals surface area contributed by atoms with Gasteiger partial charge in [0.05, 0.1) is 6.04 Å². The lowest BCUT2D eigenvalue weighted by Gasteiger charge is -2.38. The van der Waals surface area contributed by atoms with E-state index in [2.05, 4.69) is 4.90 Å². The number of benzene rings is 1. The summed E-state index contributed by atoms with van der Waals surface area (Å²) in [6.45, 7) is 2.75. The Hall–Kier alpha value is -1.59. The van der Waals surface area contributed by atoms with Crippen LogP contribution in [0.15, 0.2) is 30.3 Å². The molecule has 1 aliphatic heterocycles. The van der Waals surface area contributed by atoms with Crippen molar-refractivity contribution in [1.82, 2.24) is 9.80 Å². The quantitative estimate of drug-likeness (QED) is 0.840. The lowest BCUT2D eigenvalue weighted by Crippen LogP contribution is -2.57. The molecule has 5 heteroatoms. The van der Waals surface area contributed by atoms with Crippen molar-refractivity contribution >= 4 is 6.09 Å². The topological polar surface area (TPSA) is 58.8 Å². The fourth-order valence-corrected chi connectivity index (χ4v) is 2.10. The first kappa shape index (κ1) is 12.9. The van der Waals surface area contributed by atoms with E-state index in [4.69, 9.17) is 10.5 Å². The molecule has 0 bridgehead atoms. The number of hydrogen-bond acceptors (Lipinski definition) is 4. The van der Waals surface area contributed by atoms with Crippen LogP contribution in [0.1, 0.15) is 0 Å². The van der Waals surface area contributed by atoms with E-state index in [1.807, 2.05) is 25.2 Å². The number of piperazine rings is 1. The van der Waals surface area contributed by atoms with Gasteiger partial charge in [0.1, 0.15) is 5.75 Å². The van der Waals surface area contributed by atoms with Gasteiger partial charge in [-0.2, -0.15) is 0 Å². The van der Waals surface area contributed by atoms with Crippen molar-refractivity contribution in [2.24, 2.45) is 5.73 Å². The Bertz CT molecular complexity index is 396. The van der Waals surface area contributed by atoms with E-state index < -0.39 is 0 Å². The first-order valence-corrected chi connectivity index (χ1v) is 6.13. The molecule has 1 unspecified atom stereocenters. The molecule has 1 amide bonds. The number of carbonyl (C=O) groups is 1. The van der Waals surface area contributed by atoms with Crippen LogP contribution in [0.5, 0.6) is 5.75 Å². The van der Waals surface area contributed by atoms with Gasteiger partial charge in [-0.15, -0.1) is 0 Å². The molecule has 0 aromatic heterocycles. The summed E-state index contributed by atoms with van der Waals surface area (Å²) in [6.07, 6.45) is -0.315. The number of para-hydroxylation sites is 1. The van der Waals surface area contributed by atoms with Gasteiger partial charge in [-0.1, -0.05) is 18.2 Å². The van der Waals surface area contributed by atoms with Crippen molar-refractivity contribution in [3.8, 4) is 5.75 Å². The minimum Gasteiger partial charge on any atom is -0.410 e.